The van der Waals surface area contributed by atoms with E-state index < -0.39 is 6.04 Å². The number of methoxy groups -OCH3 is 1. The number of hydrogen-bond acceptors (Lipinski definition) is 4. The Bertz CT molecular complexity index is 207. The molecule has 104 valence electrons. The standard InChI is InChI=1S/C11H24N2O3.ClH/c1-11(2,3)9(12)10(14)13-5-6-16-8-7-15-4;/h9H,5-8,12H2,1-4H3,(H,13,14);1H/t9-;/m1./s1. The summed E-state index contributed by atoms with van der Waals surface area (Å²) in [5.74, 6) is -0.136. The van der Waals surface area contributed by atoms with Crippen molar-refractivity contribution in [1.29, 1.82) is 0 Å². The fraction of sp³-hybridized carbons (Fsp3) is 0.909. The lowest BCUT2D eigenvalue weighted by molar-refractivity contribution is -0.124. The van der Waals surface area contributed by atoms with Gasteiger partial charge in [-0.3, -0.25) is 4.79 Å². The van der Waals surface area contributed by atoms with Gasteiger partial charge >= 0.3 is 0 Å². The van der Waals surface area contributed by atoms with E-state index in [4.69, 9.17) is 15.2 Å². The summed E-state index contributed by atoms with van der Waals surface area (Å²) < 4.78 is 10.0. The number of carbonyl (C=O) groups excluding carboxylic acids is 1. The number of rotatable bonds is 7. The average molecular weight is 269 g/mol. The minimum Gasteiger partial charge on any atom is -0.382 e. The minimum atomic E-state index is -0.494. The molecule has 0 bridgehead atoms. The molecule has 0 unspecified atom stereocenters. The molecule has 5 nitrogen and oxygen atoms in total. The van der Waals surface area contributed by atoms with Crippen molar-refractivity contribution in [1.82, 2.24) is 5.32 Å². The average Bonchev–Trinajstić information content (AvgIpc) is 2.20. The van der Waals surface area contributed by atoms with Gasteiger partial charge in [0.25, 0.3) is 0 Å². The first-order valence-electron chi connectivity index (χ1n) is 5.49. The molecule has 6 heteroatoms. The van der Waals surface area contributed by atoms with Gasteiger partial charge in [0.15, 0.2) is 0 Å². The molecular weight excluding hydrogens is 244 g/mol. The Kier molecular flexibility index (Phi) is 10.8. The van der Waals surface area contributed by atoms with Crippen LogP contribution in [0.15, 0.2) is 0 Å². The van der Waals surface area contributed by atoms with Gasteiger partial charge in [0.2, 0.25) is 5.91 Å². The van der Waals surface area contributed by atoms with Crippen molar-refractivity contribution in [2.45, 2.75) is 26.8 Å². The maximum absolute atomic E-state index is 11.6. The van der Waals surface area contributed by atoms with Crippen LogP contribution in [0.4, 0.5) is 0 Å². The topological polar surface area (TPSA) is 73.6 Å². The first-order chi connectivity index (χ1) is 7.39. The van der Waals surface area contributed by atoms with Gasteiger partial charge in [-0.05, 0) is 5.41 Å². The molecule has 0 aromatic rings. The molecule has 0 radical (unpaired) electrons. The Balaban J connectivity index is 0. The Morgan fingerprint density at radius 1 is 1.29 bits per heavy atom. The molecule has 0 saturated heterocycles. The van der Waals surface area contributed by atoms with Crippen molar-refractivity contribution in [3.8, 4) is 0 Å². The lowest BCUT2D eigenvalue weighted by Gasteiger charge is -2.25. The molecule has 3 N–H and O–H groups in total. The lowest BCUT2D eigenvalue weighted by Crippen LogP contribution is -2.49. The van der Waals surface area contributed by atoms with E-state index in [2.05, 4.69) is 5.32 Å². The first-order valence-corrected chi connectivity index (χ1v) is 5.49. The molecule has 1 atom stereocenters. The van der Waals surface area contributed by atoms with Gasteiger partial charge in [-0.15, -0.1) is 12.4 Å². The highest BCUT2D eigenvalue weighted by Gasteiger charge is 2.26. The summed E-state index contributed by atoms with van der Waals surface area (Å²) in [5.41, 5.74) is 5.56. The first kappa shape index (κ1) is 19.0. The largest absolute Gasteiger partial charge is 0.382 e. The van der Waals surface area contributed by atoms with Crippen molar-refractivity contribution < 1.29 is 14.3 Å². The van der Waals surface area contributed by atoms with Crippen molar-refractivity contribution in [2.75, 3.05) is 33.5 Å². The van der Waals surface area contributed by atoms with E-state index in [-0.39, 0.29) is 23.7 Å². The maximum Gasteiger partial charge on any atom is 0.237 e. The molecule has 1 amide bonds. The highest BCUT2D eigenvalue weighted by atomic mass is 35.5. The summed E-state index contributed by atoms with van der Waals surface area (Å²) in [7, 11) is 1.62. The van der Waals surface area contributed by atoms with Crippen LogP contribution in [0, 0.1) is 5.41 Å². The quantitative estimate of drug-likeness (QED) is 0.662. The van der Waals surface area contributed by atoms with E-state index in [1.54, 1.807) is 7.11 Å². The number of amides is 1. The fourth-order valence-electron chi connectivity index (χ4n) is 0.994. The van der Waals surface area contributed by atoms with E-state index in [1.807, 2.05) is 20.8 Å². The van der Waals surface area contributed by atoms with Crippen LogP contribution in [-0.2, 0) is 14.3 Å². The zero-order chi connectivity index (χ0) is 12.6. The number of halogens is 1. The van der Waals surface area contributed by atoms with Gasteiger partial charge in [0.1, 0.15) is 0 Å². The Labute approximate surface area is 110 Å². The second-order valence-corrected chi connectivity index (χ2v) is 4.74. The molecule has 0 rings (SSSR count). The molecule has 0 spiro atoms. The number of hydrogen-bond donors (Lipinski definition) is 2. The van der Waals surface area contributed by atoms with Crippen LogP contribution in [-0.4, -0.2) is 45.4 Å². The van der Waals surface area contributed by atoms with E-state index in [1.165, 1.54) is 0 Å². The Morgan fingerprint density at radius 3 is 2.35 bits per heavy atom. The highest BCUT2D eigenvalue weighted by molar-refractivity contribution is 5.85. The van der Waals surface area contributed by atoms with Gasteiger partial charge in [-0.1, -0.05) is 20.8 Å². The van der Waals surface area contributed by atoms with Crippen molar-refractivity contribution >= 4 is 18.3 Å². The summed E-state index contributed by atoms with van der Waals surface area (Å²) in [5, 5.41) is 2.74. The van der Waals surface area contributed by atoms with E-state index >= 15 is 0 Å². The molecular formula is C11H25ClN2O3. The van der Waals surface area contributed by atoms with E-state index in [0.717, 1.165) is 0 Å². The molecule has 0 heterocycles. The summed E-state index contributed by atoms with van der Waals surface area (Å²) in [6.45, 7) is 7.87. The summed E-state index contributed by atoms with van der Waals surface area (Å²) in [6.07, 6.45) is 0. The van der Waals surface area contributed by atoms with Crippen LogP contribution in [0.3, 0.4) is 0 Å². The summed E-state index contributed by atoms with van der Waals surface area (Å²) in [6, 6.07) is -0.494. The normalized spacial score (nSPS) is 12.8. The molecule has 0 aliphatic rings. The number of nitrogens with one attached hydrogen (secondary N) is 1. The summed E-state index contributed by atoms with van der Waals surface area (Å²) >= 11 is 0. The smallest absolute Gasteiger partial charge is 0.237 e. The van der Waals surface area contributed by atoms with Crippen LogP contribution in [0.2, 0.25) is 0 Å². The number of ether oxygens (including phenoxy) is 2. The molecule has 0 fully saturated rings. The third-order valence-corrected chi connectivity index (χ3v) is 2.19. The minimum absolute atomic E-state index is 0. The predicted octanol–water partition coefficient (Wildman–Crippen LogP) is 0.561. The van der Waals surface area contributed by atoms with Crippen LogP contribution < -0.4 is 11.1 Å². The predicted molar refractivity (Wildman–Crippen MR) is 70.4 cm³/mol. The molecule has 0 aromatic heterocycles. The zero-order valence-corrected chi connectivity index (χ0v) is 11.9. The third kappa shape index (κ3) is 9.35. The van der Waals surface area contributed by atoms with Gasteiger partial charge in [0, 0.05) is 13.7 Å². The van der Waals surface area contributed by atoms with Crippen molar-refractivity contribution in [3.63, 3.8) is 0 Å². The van der Waals surface area contributed by atoms with E-state index in [0.29, 0.717) is 26.4 Å². The SMILES string of the molecule is COCCOCCNC(=O)[C@@H](N)C(C)(C)C.Cl. The third-order valence-electron chi connectivity index (χ3n) is 2.19. The van der Waals surface area contributed by atoms with Crippen LogP contribution in [0.25, 0.3) is 0 Å². The fourth-order valence-corrected chi connectivity index (χ4v) is 0.994. The van der Waals surface area contributed by atoms with Crippen LogP contribution in [0.5, 0.6) is 0 Å². The van der Waals surface area contributed by atoms with Crippen LogP contribution in [0.1, 0.15) is 20.8 Å². The van der Waals surface area contributed by atoms with Crippen molar-refractivity contribution in [3.05, 3.63) is 0 Å². The molecule has 0 aliphatic heterocycles. The number of carbonyl (C=O) groups is 1. The lowest BCUT2D eigenvalue weighted by atomic mass is 9.87. The highest BCUT2D eigenvalue weighted by Crippen LogP contribution is 2.16. The van der Waals surface area contributed by atoms with Gasteiger partial charge in [0.05, 0.1) is 25.9 Å². The van der Waals surface area contributed by atoms with Crippen LogP contribution >= 0.6 is 12.4 Å². The van der Waals surface area contributed by atoms with Crippen molar-refractivity contribution in [2.24, 2.45) is 11.1 Å². The van der Waals surface area contributed by atoms with E-state index in [9.17, 15) is 4.79 Å². The molecule has 0 aromatic carbocycles. The zero-order valence-electron chi connectivity index (χ0n) is 11.1. The number of nitrogens with two attached hydrogens (primary N) is 1. The monoisotopic (exact) mass is 268 g/mol. The van der Waals surface area contributed by atoms with Gasteiger partial charge in [-0.25, -0.2) is 0 Å². The molecule has 0 aliphatic carbocycles. The second-order valence-electron chi connectivity index (χ2n) is 4.74. The Hall–Kier alpha value is -0.360. The maximum atomic E-state index is 11.6. The summed E-state index contributed by atoms with van der Waals surface area (Å²) in [4.78, 5) is 11.6. The Morgan fingerprint density at radius 2 is 1.88 bits per heavy atom. The molecule has 0 saturated carbocycles. The second kappa shape index (κ2) is 9.65. The van der Waals surface area contributed by atoms with Gasteiger partial charge < -0.3 is 20.5 Å². The van der Waals surface area contributed by atoms with Gasteiger partial charge in [-0.2, -0.15) is 0 Å². The molecule has 17 heavy (non-hydrogen) atoms.